The van der Waals surface area contributed by atoms with Gasteiger partial charge in [0.15, 0.2) is 0 Å². The van der Waals surface area contributed by atoms with Crippen LogP contribution in [0.1, 0.15) is 15.3 Å². The van der Waals surface area contributed by atoms with Gasteiger partial charge in [0.05, 0.1) is 11.5 Å². The van der Waals surface area contributed by atoms with E-state index >= 15 is 0 Å². The van der Waals surface area contributed by atoms with Crippen LogP contribution in [0.3, 0.4) is 0 Å². The molecule has 0 aliphatic carbocycles. The zero-order chi connectivity index (χ0) is 14.0. The number of nitrogen functional groups attached to an aromatic ring is 1. The van der Waals surface area contributed by atoms with E-state index in [1.165, 1.54) is 10.4 Å². The number of hydrogen-bond acceptors (Lipinski definition) is 7. The van der Waals surface area contributed by atoms with Crippen LogP contribution in [-0.4, -0.2) is 14.9 Å². The summed E-state index contributed by atoms with van der Waals surface area (Å²) < 4.78 is 0. The molecular formula is C11H13N5O2S. The van der Waals surface area contributed by atoms with Crippen molar-refractivity contribution < 1.29 is 4.92 Å². The fourth-order valence-corrected chi connectivity index (χ4v) is 2.55. The molecule has 3 N–H and O–H groups in total. The Hall–Kier alpha value is -2.22. The lowest BCUT2D eigenvalue weighted by Gasteiger charge is -2.04. The Bertz CT molecular complexity index is 606. The summed E-state index contributed by atoms with van der Waals surface area (Å²) in [4.78, 5) is 20.1. The number of nitrogens with zero attached hydrogens (tertiary/aromatic N) is 3. The first-order chi connectivity index (χ1) is 8.97. The number of hydrogen-bond donors (Lipinski definition) is 2. The Morgan fingerprint density at radius 3 is 2.84 bits per heavy atom. The summed E-state index contributed by atoms with van der Waals surface area (Å²) in [5.41, 5.74) is 6.47. The molecule has 0 unspecified atom stereocenters. The molecule has 2 heterocycles. The SMILES string of the molecule is Cc1cc(CNc2nc(N)ncc2[N+](=O)[O-])sc1C. The molecule has 2 aromatic heterocycles. The Balaban J connectivity index is 2.19. The first-order valence-corrected chi connectivity index (χ1v) is 6.35. The van der Waals surface area contributed by atoms with Crippen LogP contribution in [0.5, 0.6) is 0 Å². The lowest BCUT2D eigenvalue weighted by molar-refractivity contribution is -0.384. The Kier molecular flexibility index (Phi) is 3.61. The molecule has 0 fully saturated rings. The second-order valence-electron chi connectivity index (χ2n) is 4.02. The predicted molar refractivity (Wildman–Crippen MR) is 74.2 cm³/mol. The highest BCUT2D eigenvalue weighted by Gasteiger charge is 2.16. The minimum Gasteiger partial charge on any atom is -0.368 e. The summed E-state index contributed by atoms with van der Waals surface area (Å²) >= 11 is 1.65. The van der Waals surface area contributed by atoms with Gasteiger partial charge >= 0.3 is 5.69 Å². The maximum Gasteiger partial charge on any atom is 0.329 e. The molecule has 0 radical (unpaired) electrons. The van der Waals surface area contributed by atoms with Gasteiger partial charge in [-0.3, -0.25) is 10.1 Å². The molecule has 0 aliphatic heterocycles. The van der Waals surface area contributed by atoms with E-state index in [9.17, 15) is 10.1 Å². The molecule has 0 aliphatic rings. The van der Waals surface area contributed by atoms with Gasteiger partial charge in [-0.15, -0.1) is 11.3 Å². The van der Waals surface area contributed by atoms with E-state index < -0.39 is 4.92 Å². The van der Waals surface area contributed by atoms with E-state index in [1.54, 1.807) is 11.3 Å². The molecule has 19 heavy (non-hydrogen) atoms. The van der Waals surface area contributed by atoms with Crippen LogP contribution in [0.2, 0.25) is 0 Å². The molecule has 0 atom stereocenters. The topological polar surface area (TPSA) is 107 Å². The molecule has 2 rings (SSSR count). The van der Waals surface area contributed by atoms with E-state index in [0.29, 0.717) is 6.54 Å². The molecule has 100 valence electrons. The van der Waals surface area contributed by atoms with Crippen LogP contribution in [0, 0.1) is 24.0 Å². The number of aryl methyl sites for hydroxylation is 2. The van der Waals surface area contributed by atoms with Gasteiger partial charge in [-0.05, 0) is 25.5 Å². The fourth-order valence-electron chi connectivity index (χ4n) is 1.56. The summed E-state index contributed by atoms with van der Waals surface area (Å²) in [7, 11) is 0. The third-order valence-corrected chi connectivity index (χ3v) is 3.78. The van der Waals surface area contributed by atoms with Gasteiger partial charge < -0.3 is 11.1 Å². The van der Waals surface area contributed by atoms with Gasteiger partial charge in [0.1, 0.15) is 6.20 Å². The van der Waals surface area contributed by atoms with Gasteiger partial charge in [-0.25, -0.2) is 4.98 Å². The Labute approximate surface area is 113 Å². The molecule has 0 spiro atoms. The smallest absolute Gasteiger partial charge is 0.329 e. The van der Waals surface area contributed by atoms with Crippen LogP contribution in [0.25, 0.3) is 0 Å². The van der Waals surface area contributed by atoms with E-state index in [2.05, 4.69) is 15.3 Å². The summed E-state index contributed by atoms with van der Waals surface area (Å²) in [5, 5.41) is 13.8. The average Bonchev–Trinajstić information content (AvgIpc) is 2.66. The highest BCUT2D eigenvalue weighted by atomic mass is 32.1. The largest absolute Gasteiger partial charge is 0.368 e. The summed E-state index contributed by atoms with van der Waals surface area (Å²) in [6.45, 7) is 4.53. The lowest BCUT2D eigenvalue weighted by Crippen LogP contribution is -2.06. The van der Waals surface area contributed by atoms with Crippen molar-refractivity contribution in [3.8, 4) is 0 Å². The van der Waals surface area contributed by atoms with E-state index in [0.717, 1.165) is 11.1 Å². The van der Waals surface area contributed by atoms with E-state index in [4.69, 9.17) is 5.73 Å². The minimum atomic E-state index is -0.535. The second-order valence-corrected chi connectivity index (χ2v) is 5.37. The number of aromatic nitrogens is 2. The summed E-state index contributed by atoms with van der Waals surface area (Å²) in [6, 6.07) is 2.05. The van der Waals surface area contributed by atoms with Crippen LogP contribution in [0.15, 0.2) is 12.3 Å². The number of thiophene rings is 1. The maximum atomic E-state index is 10.8. The molecule has 8 heteroatoms. The molecule has 0 saturated carbocycles. The summed E-state index contributed by atoms with van der Waals surface area (Å²) in [6.07, 6.45) is 1.11. The number of anilines is 2. The van der Waals surface area contributed by atoms with Crippen molar-refractivity contribution in [2.45, 2.75) is 20.4 Å². The number of nitro groups is 1. The molecule has 0 bridgehead atoms. The average molecular weight is 279 g/mol. The van der Waals surface area contributed by atoms with Crippen LogP contribution < -0.4 is 11.1 Å². The third-order valence-electron chi connectivity index (χ3n) is 2.63. The van der Waals surface area contributed by atoms with Gasteiger partial charge in [0, 0.05) is 9.75 Å². The zero-order valence-corrected chi connectivity index (χ0v) is 11.3. The maximum absolute atomic E-state index is 10.8. The molecule has 0 amide bonds. The number of nitrogens with two attached hydrogens (primary N) is 1. The van der Waals surface area contributed by atoms with E-state index in [1.807, 2.05) is 19.9 Å². The normalized spacial score (nSPS) is 10.4. The van der Waals surface area contributed by atoms with E-state index in [-0.39, 0.29) is 17.5 Å². The molecule has 2 aromatic rings. The zero-order valence-electron chi connectivity index (χ0n) is 10.5. The highest BCUT2D eigenvalue weighted by Crippen LogP contribution is 2.24. The van der Waals surface area contributed by atoms with Crippen LogP contribution in [-0.2, 0) is 6.54 Å². The standard InChI is InChI=1S/C11H13N5O2S/c1-6-3-8(19-7(6)2)4-13-10-9(16(17)18)5-14-11(12)15-10/h3,5H,4H2,1-2H3,(H3,12,13,14,15). The van der Waals surface area contributed by atoms with Gasteiger partial charge in [-0.1, -0.05) is 0 Å². The van der Waals surface area contributed by atoms with Crippen molar-refractivity contribution in [1.82, 2.24) is 9.97 Å². The van der Waals surface area contributed by atoms with Crippen molar-refractivity contribution in [2.24, 2.45) is 0 Å². The van der Waals surface area contributed by atoms with Crippen LogP contribution >= 0.6 is 11.3 Å². The molecular weight excluding hydrogens is 266 g/mol. The molecule has 7 nitrogen and oxygen atoms in total. The van der Waals surface area contributed by atoms with Gasteiger partial charge in [0.25, 0.3) is 0 Å². The Morgan fingerprint density at radius 2 is 2.26 bits per heavy atom. The van der Waals surface area contributed by atoms with Crippen molar-refractivity contribution in [1.29, 1.82) is 0 Å². The van der Waals surface area contributed by atoms with Crippen molar-refractivity contribution in [2.75, 3.05) is 11.1 Å². The fraction of sp³-hybridized carbons (Fsp3) is 0.273. The monoisotopic (exact) mass is 279 g/mol. The quantitative estimate of drug-likeness (QED) is 0.656. The number of nitrogens with one attached hydrogen (secondary N) is 1. The predicted octanol–water partition coefficient (Wildman–Crippen LogP) is 2.26. The minimum absolute atomic E-state index is 0.00615. The number of rotatable bonds is 4. The lowest BCUT2D eigenvalue weighted by atomic mass is 10.3. The first kappa shape index (κ1) is 13.2. The van der Waals surface area contributed by atoms with Crippen LogP contribution in [0.4, 0.5) is 17.5 Å². The Morgan fingerprint density at radius 1 is 1.53 bits per heavy atom. The third kappa shape index (κ3) is 2.97. The highest BCUT2D eigenvalue weighted by molar-refractivity contribution is 7.12. The first-order valence-electron chi connectivity index (χ1n) is 5.54. The molecule has 0 aromatic carbocycles. The van der Waals surface area contributed by atoms with Crippen molar-refractivity contribution in [3.63, 3.8) is 0 Å². The van der Waals surface area contributed by atoms with Gasteiger partial charge in [0.2, 0.25) is 11.8 Å². The molecule has 0 saturated heterocycles. The van der Waals surface area contributed by atoms with Crippen molar-refractivity contribution >= 4 is 28.8 Å². The van der Waals surface area contributed by atoms with Gasteiger partial charge in [-0.2, -0.15) is 4.98 Å². The van der Waals surface area contributed by atoms with Crippen molar-refractivity contribution in [3.05, 3.63) is 37.7 Å². The second kappa shape index (κ2) is 5.19. The summed E-state index contributed by atoms with van der Waals surface area (Å²) in [5.74, 6) is 0.146.